The molecule has 1 aliphatic heterocycles. The van der Waals surface area contributed by atoms with Gasteiger partial charge in [0.05, 0.1) is 16.6 Å². The van der Waals surface area contributed by atoms with Gasteiger partial charge in [0.15, 0.2) is 5.13 Å². The maximum Gasteiger partial charge on any atom is 0.307 e. The Bertz CT molecular complexity index is 1110. The number of halogens is 1. The molecule has 170 valence electrons. The number of aromatic nitrogens is 1. The number of carboxylic acid groups (broad SMARTS) is 1. The zero-order valence-electron chi connectivity index (χ0n) is 18.8. The summed E-state index contributed by atoms with van der Waals surface area (Å²) in [5.41, 5.74) is 4.18. The summed E-state index contributed by atoms with van der Waals surface area (Å²) in [6.45, 7) is 10.3. The Balaban J connectivity index is 1.52. The van der Waals surface area contributed by atoms with Crippen LogP contribution in [-0.4, -0.2) is 46.6 Å². The number of anilines is 1. The van der Waals surface area contributed by atoms with Crippen LogP contribution in [0.2, 0.25) is 5.02 Å². The quantitative estimate of drug-likeness (QED) is 0.484. The average molecular weight is 472 g/mol. The zero-order chi connectivity index (χ0) is 22.8. The van der Waals surface area contributed by atoms with Crippen molar-refractivity contribution in [2.75, 3.05) is 24.5 Å². The Morgan fingerprint density at radius 3 is 2.75 bits per heavy atom. The zero-order valence-corrected chi connectivity index (χ0v) is 20.4. The minimum atomic E-state index is -0.788. The fourth-order valence-corrected chi connectivity index (χ4v) is 5.98. The molecule has 0 radical (unpaired) electrons. The standard InChI is InChI=1S/C25H30ClN3O2S/c1-16(2)8-21-15-28(14-19-10-17(3)9-18(11-19)12-24(30)31)6-7-29(21)25-27-22-5-4-20(26)13-23(22)32-25/h4-5,9-11,13,16,21H,6-8,12,14-15H2,1-3H3,(H,30,31)/t21-/m1/s1. The van der Waals surface area contributed by atoms with Crippen molar-refractivity contribution >= 4 is 44.3 Å². The van der Waals surface area contributed by atoms with Crippen LogP contribution in [0.4, 0.5) is 5.13 Å². The van der Waals surface area contributed by atoms with Crippen LogP contribution in [0.15, 0.2) is 36.4 Å². The number of aliphatic carboxylic acids is 1. The van der Waals surface area contributed by atoms with Gasteiger partial charge in [-0.15, -0.1) is 0 Å². The highest BCUT2D eigenvalue weighted by Crippen LogP contribution is 2.34. The molecule has 3 aromatic rings. The molecule has 7 heteroatoms. The first-order valence-electron chi connectivity index (χ1n) is 11.1. The number of nitrogens with zero attached hydrogens (tertiary/aromatic N) is 3. The lowest BCUT2D eigenvalue weighted by atomic mass is 9.99. The van der Waals surface area contributed by atoms with Gasteiger partial charge in [0, 0.05) is 37.2 Å². The van der Waals surface area contributed by atoms with Crippen LogP contribution >= 0.6 is 22.9 Å². The van der Waals surface area contributed by atoms with Gasteiger partial charge in [0.25, 0.3) is 0 Å². The summed E-state index contributed by atoms with van der Waals surface area (Å²) in [7, 11) is 0. The van der Waals surface area contributed by atoms with E-state index in [-0.39, 0.29) is 6.42 Å². The Morgan fingerprint density at radius 2 is 2.00 bits per heavy atom. The summed E-state index contributed by atoms with van der Waals surface area (Å²) in [5, 5.41) is 11.0. The number of fused-ring (bicyclic) bond motifs is 1. The van der Waals surface area contributed by atoms with E-state index in [4.69, 9.17) is 21.7 Å². The Kier molecular flexibility index (Phi) is 7.03. The van der Waals surface area contributed by atoms with Gasteiger partial charge in [-0.3, -0.25) is 9.69 Å². The number of thiazole rings is 1. The molecule has 1 aromatic heterocycles. The molecule has 0 aliphatic carbocycles. The van der Waals surface area contributed by atoms with Crippen molar-refractivity contribution in [1.82, 2.24) is 9.88 Å². The fraction of sp³-hybridized carbons (Fsp3) is 0.440. The lowest BCUT2D eigenvalue weighted by Crippen LogP contribution is -2.53. The Morgan fingerprint density at radius 1 is 1.22 bits per heavy atom. The molecule has 1 atom stereocenters. The van der Waals surface area contributed by atoms with Gasteiger partial charge < -0.3 is 10.0 Å². The summed E-state index contributed by atoms with van der Waals surface area (Å²) in [5.74, 6) is -0.198. The molecule has 0 spiro atoms. The smallest absolute Gasteiger partial charge is 0.307 e. The molecule has 32 heavy (non-hydrogen) atoms. The van der Waals surface area contributed by atoms with E-state index >= 15 is 0 Å². The molecule has 0 bridgehead atoms. The van der Waals surface area contributed by atoms with Crippen LogP contribution in [-0.2, 0) is 17.8 Å². The lowest BCUT2D eigenvalue weighted by Gasteiger charge is -2.42. The van der Waals surface area contributed by atoms with E-state index in [1.807, 2.05) is 37.3 Å². The number of benzene rings is 2. The summed E-state index contributed by atoms with van der Waals surface area (Å²) in [6.07, 6.45) is 1.17. The van der Waals surface area contributed by atoms with Gasteiger partial charge in [-0.05, 0) is 48.6 Å². The Hall–Kier alpha value is -2.15. The minimum absolute atomic E-state index is 0.0695. The van der Waals surface area contributed by atoms with E-state index < -0.39 is 5.97 Å². The molecule has 1 saturated heterocycles. The average Bonchev–Trinajstić information content (AvgIpc) is 3.09. The van der Waals surface area contributed by atoms with E-state index in [0.29, 0.717) is 12.0 Å². The molecular formula is C25H30ClN3O2S. The monoisotopic (exact) mass is 471 g/mol. The maximum absolute atomic E-state index is 11.2. The van der Waals surface area contributed by atoms with E-state index in [9.17, 15) is 4.79 Å². The number of hydrogen-bond donors (Lipinski definition) is 1. The first kappa shape index (κ1) is 23.0. The van der Waals surface area contributed by atoms with Gasteiger partial charge in [0.1, 0.15) is 0 Å². The second-order valence-corrected chi connectivity index (χ2v) is 10.7. The highest BCUT2D eigenvalue weighted by Gasteiger charge is 2.29. The first-order valence-corrected chi connectivity index (χ1v) is 12.3. The fourth-order valence-electron chi connectivity index (χ4n) is 4.64. The molecular weight excluding hydrogens is 442 g/mol. The second-order valence-electron chi connectivity index (χ2n) is 9.22. The first-order chi connectivity index (χ1) is 15.3. The van der Waals surface area contributed by atoms with Crippen molar-refractivity contribution in [3.63, 3.8) is 0 Å². The van der Waals surface area contributed by atoms with Crippen LogP contribution in [0.1, 0.15) is 37.0 Å². The third-order valence-electron chi connectivity index (χ3n) is 5.85. The summed E-state index contributed by atoms with van der Waals surface area (Å²) in [6, 6.07) is 12.5. The number of aryl methyl sites for hydroxylation is 1. The highest BCUT2D eigenvalue weighted by molar-refractivity contribution is 7.22. The van der Waals surface area contributed by atoms with Crippen molar-refractivity contribution in [2.24, 2.45) is 5.92 Å². The van der Waals surface area contributed by atoms with E-state index in [0.717, 1.165) is 64.1 Å². The van der Waals surface area contributed by atoms with Crippen LogP contribution in [0.25, 0.3) is 10.2 Å². The highest BCUT2D eigenvalue weighted by atomic mass is 35.5. The third-order valence-corrected chi connectivity index (χ3v) is 7.14. The summed E-state index contributed by atoms with van der Waals surface area (Å²) >= 11 is 7.90. The molecule has 1 fully saturated rings. The third kappa shape index (κ3) is 5.61. The largest absolute Gasteiger partial charge is 0.481 e. The molecule has 2 heterocycles. The number of carboxylic acids is 1. The van der Waals surface area contributed by atoms with Crippen molar-refractivity contribution in [2.45, 2.75) is 46.2 Å². The van der Waals surface area contributed by atoms with Crippen LogP contribution in [0, 0.1) is 12.8 Å². The molecule has 1 aliphatic rings. The van der Waals surface area contributed by atoms with E-state index in [2.05, 4.69) is 29.7 Å². The van der Waals surface area contributed by atoms with Crippen molar-refractivity contribution in [3.05, 3.63) is 58.1 Å². The van der Waals surface area contributed by atoms with E-state index in [1.54, 1.807) is 11.3 Å². The molecule has 0 unspecified atom stereocenters. The molecule has 0 amide bonds. The molecule has 1 N–H and O–H groups in total. The second kappa shape index (κ2) is 9.77. The Labute approximate surface area is 198 Å². The topological polar surface area (TPSA) is 56.7 Å². The SMILES string of the molecule is Cc1cc(CC(=O)O)cc(CN2CCN(c3nc4ccc(Cl)cc4s3)[C@H](CC(C)C)C2)c1. The minimum Gasteiger partial charge on any atom is -0.481 e. The van der Waals surface area contributed by atoms with Crippen LogP contribution in [0.3, 0.4) is 0 Å². The van der Waals surface area contributed by atoms with Crippen molar-refractivity contribution < 1.29 is 9.90 Å². The van der Waals surface area contributed by atoms with Gasteiger partial charge in [0.2, 0.25) is 0 Å². The number of rotatable bonds is 7. The number of carbonyl (C=O) groups is 1. The van der Waals surface area contributed by atoms with Gasteiger partial charge in [-0.1, -0.05) is 60.5 Å². The van der Waals surface area contributed by atoms with Crippen molar-refractivity contribution in [1.29, 1.82) is 0 Å². The predicted octanol–water partition coefficient (Wildman–Crippen LogP) is 5.62. The maximum atomic E-state index is 11.2. The molecule has 0 saturated carbocycles. The molecule has 4 rings (SSSR count). The van der Waals surface area contributed by atoms with Gasteiger partial charge in [-0.25, -0.2) is 4.98 Å². The number of piperazine rings is 1. The van der Waals surface area contributed by atoms with Crippen molar-refractivity contribution in [3.8, 4) is 0 Å². The van der Waals surface area contributed by atoms with Crippen LogP contribution in [0.5, 0.6) is 0 Å². The lowest BCUT2D eigenvalue weighted by molar-refractivity contribution is -0.136. The molecule has 2 aromatic carbocycles. The van der Waals surface area contributed by atoms with Crippen LogP contribution < -0.4 is 4.90 Å². The predicted molar refractivity (Wildman–Crippen MR) is 133 cm³/mol. The summed E-state index contributed by atoms with van der Waals surface area (Å²) < 4.78 is 1.13. The van der Waals surface area contributed by atoms with Gasteiger partial charge in [-0.2, -0.15) is 0 Å². The molecule has 5 nitrogen and oxygen atoms in total. The van der Waals surface area contributed by atoms with Gasteiger partial charge >= 0.3 is 5.97 Å². The normalized spacial score (nSPS) is 17.4. The number of hydrogen-bond acceptors (Lipinski definition) is 5. The summed E-state index contributed by atoms with van der Waals surface area (Å²) in [4.78, 5) is 21.0. The van der Waals surface area contributed by atoms with E-state index in [1.165, 1.54) is 5.56 Å².